The Labute approximate surface area is 193 Å². The van der Waals surface area contributed by atoms with Crippen LogP contribution >= 0.6 is 11.3 Å². The third kappa shape index (κ3) is 5.33. The molecular formula is C26H28N2O3S. The van der Waals surface area contributed by atoms with Crippen LogP contribution in [-0.4, -0.2) is 41.9 Å². The number of nitrogens with zero attached hydrogens (tertiary/aromatic N) is 1. The minimum atomic E-state index is -0.242. The first-order valence-electron chi connectivity index (χ1n) is 10.9. The molecule has 0 saturated carbocycles. The fourth-order valence-electron chi connectivity index (χ4n) is 4.23. The molecule has 3 aromatic rings. The Morgan fingerprint density at radius 1 is 0.938 bits per heavy atom. The second-order valence-electron chi connectivity index (χ2n) is 8.25. The molecule has 1 N–H and O–H groups in total. The van der Waals surface area contributed by atoms with E-state index in [9.17, 15) is 9.59 Å². The van der Waals surface area contributed by atoms with Crippen molar-refractivity contribution in [2.24, 2.45) is 0 Å². The highest BCUT2D eigenvalue weighted by Gasteiger charge is 2.23. The van der Waals surface area contributed by atoms with Crippen LogP contribution in [0.4, 0.5) is 0 Å². The molecular weight excluding hydrogens is 420 g/mol. The zero-order chi connectivity index (χ0) is 22.5. The molecule has 2 atom stereocenters. The number of hydrogen-bond donors (Lipinski definition) is 1. The van der Waals surface area contributed by atoms with Gasteiger partial charge in [0, 0.05) is 31.7 Å². The fraction of sp³-hybridized carbons (Fsp3) is 0.308. The number of amides is 1. The number of hydrogen-bond acceptors (Lipinski definition) is 5. The lowest BCUT2D eigenvalue weighted by Gasteiger charge is -2.35. The number of ether oxygens (including phenoxy) is 1. The van der Waals surface area contributed by atoms with Gasteiger partial charge in [-0.25, -0.2) is 0 Å². The molecule has 6 heteroatoms. The standard InChI is InChI=1S/C26H28N2O3S/c1-18-15-28(16-19(2)31-18)17-21-9-4-3-8-20(21)14-27-26(30)23-11-6-5-10-22(23)25(29)24-12-7-13-32-24/h3-13,18-19H,14-17H2,1-2H3,(H,27,30). The highest BCUT2D eigenvalue weighted by Crippen LogP contribution is 2.20. The van der Waals surface area contributed by atoms with Gasteiger partial charge in [-0.3, -0.25) is 14.5 Å². The van der Waals surface area contributed by atoms with E-state index in [2.05, 4.69) is 30.1 Å². The molecule has 1 aliphatic heterocycles. The topological polar surface area (TPSA) is 58.6 Å². The van der Waals surface area contributed by atoms with Crippen molar-refractivity contribution < 1.29 is 14.3 Å². The summed E-state index contributed by atoms with van der Waals surface area (Å²) >= 11 is 1.38. The molecule has 1 amide bonds. The van der Waals surface area contributed by atoms with Crippen molar-refractivity contribution in [2.45, 2.75) is 39.1 Å². The van der Waals surface area contributed by atoms with E-state index in [0.717, 1.165) is 25.2 Å². The van der Waals surface area contributed by atoms with E-state index in [4.69, 9.17) is 4.74 Å². The quantitative estimate of drug-likeness (QED) is 0.540. The summed E-state index contributed by atoms with van der Waals surface area (Å²) in [6, 6.07) is 18.8. The van der Waals surface area contributed by atoms with Gasteiger partial charge in [-0.15, -0.1) is 11.3 Å². The second kappa shape index (κ2) is 10.2. The van der Waals surface area contributed by atoms with Crippen LogP contribution in [-0.2, 0) is 17.8 Å². The van der Waals surface area contributed by atoms with Crippen LogP contribution in [0.2, 0.25) is 0 Å². The van der Waals surface area contributed by atoms with Gasteiger partial charge >= 0.3 is 0 Å². The maximum absolute atomic E-state index is 13.0. The summed E-state index contributed by atoms with van der Waals surface area (Å²) in [5, 5.41) is 4.88. The van der Waals surface area contributed by atoms with Gasteiger partial charge in [0.2, 0.25) is 5.78 Å². The van der Waals surface area contributed by atoms with Gasteiger partial charge in [0.15, 0.2) is 0 Å². The maximum Gasteiger partial charge on any atom is 0.252 e. The largest absolute Gasteiger partial charge is 0.373 e. The number of morpholine rings is 1. The molecule has 166 valence electrons. The molecule has 1 aliphatic rings. The van der Waals surface area contributed by atoms with Crippen molar-refractivity contribution >= 4 is 23.0 Å². The van der Waals surface area contributed by atoms with Crippen LogP contribution in [0.15, 0.2) is 66.0 Å². The summed E-state index contributed by atoms with van der Waals surface area (Å²) in [5.74, 6) is -0.365. The number of nitrogens with one attached hydrogen (secondary N) is 1. The summed E-state index contributed by atoms with van der Waals surface area (Å²) in [6.07, 6.45) is 0.422. The van der Waals surface area contributed by atoms with E-state index in [0.29, 0.717) is 22.5 Å². The van der Waals surface area contributed by atoms with Gasteiger partial charge in [0.1, 0.15) is 0 Å². The number of thiophene rings is 1. The zero-order valence-corrected chi connectivity index (χ0v) is 19.2. The second-order valence-corrected chi connectivity index (χ2v) is 9.20. The number of rotatable bonds is 7. The lowest BCUT2D eigenvalue weighted by atomic mass is 10.0. The van der Waals surface area contributed by atoms with Gasteiger partial charge in [-0.2, -0.15) is 0 Å². The highest BCUT2D eigenvalue weighted by molar-refractivity contribution is 7.12. The lowest BCUT2D eigenvalue weighted by Crippen LogP contribution is -2.45. The average Bonchev–Trinajstić information content (AvgIpc) is 3.32. The first-order valence-corrected chi connectivity index (χ1v) is 11.8. The molecule has 0 aliphatic carbocycles. The lowest BCUT2D eigenvalue weighted by molar-refractivity contribution is -0.0705. The molecule has 5 nitrogen and oxygen atoms in total. The number of carbonyl (C=O) groups is 2. The first kappa shape index (κ1) is 22.4. The molecule has 2 unspecified atom stereocenters. The summed E-state index contributed by atoms with van der Waals surface area (Å²) in [5.41, 5.74) is 3.10. The van der Waals surface area contributed by atoms with Crippen LogP contribution in [0, 0.1) is 0 Å². The first-order chi connectivity index (χ1) is 15.5. The van der Waals surface area contributed by atoms with Gasteiger partial charge in [-0.1, -0.05) is 48.5 Å². The Hall–Kier alpha value is -2.80. The molecule has 1 fully saturated rings. The van der Waals surface area contributed by atoms with Crippen molar-refractivity contribution in [3.05, 3.63) is 93.2 Å². The van der Waals surface area contributed by atoms with Crippen LogP contribution in [0.25, 0.3) is 0 Å². The Bertz CT molecular complexity index is 1070. The molecule has 0 spiro atoms. The normalized spacial score (nSPS) is 18.9. The summed E-state index contributed by atoms with van der Waals surface area (Å²) in [6.45, 7) is 7.21. The Kier molecular flexibility index (Phi) is 7.15. The maximum atomic E-state index is 13.0. The number of ketones is 1. The van der Waals surface area contributed by atoms with E-state index in [1.165, 1.54) is 16.9 Å². The van der Waals surface area contributed by atoms with Gasteiger partial charge in [0.25, 0.3) is 5.91 Å². The van der Waals surface area contributed by atoms with Crippen LogP contribution < -0.4 is 5.32 Å². The number of carbonyl (C=O) groups excluding carboxylic acids is 2. The molecule has 4 rings (SSSR count). The van der Waals surface area contributed by atoms with Crippen molar-refractivity contribution in [3.8, 4) is 0 Å². The number of benzene rings is 2. The predicted molar refractivity (Wildman–Crippen MR) is 127 cm³/mol. The van der Waals surface area contributed by atoms with Crippen LogP contribution in [0.5, 0.6) is 0 Å². The van der Waals surface area contributed by atoms with Crippen molar-refractivity contribution in [3.63, 3.8) is 0 Å². The molecule has 1 aromatic heterocycles. The van der Waals surface area contributed by atoms with Crippen molar-refractivity contribution in [2.75, 3.05) is 13.1 Å². The van der Waals surface area contributed by atoms with E-state index < -0.39 is 0 Å². The van der Waals surface area contributed by atoms with Gasteiger partial charge in [-0.05, 0) is 42.5 Å². The predicted octanol–water partition coefficient (Wildman–Crippen LogP) is 4.52. The molecule has 0 bridgehead atoms. The van der Waals surface area contributed by atoms with Crippen molar-refractivity contribution in [1.82, 2.24) is 10.2 Å². The van der Waals surface area contributed by atoms with Gasteiger partial charge < -0.3 is 10.1 Å². The summed E-state index contributed by atoms with van der Waals surface area (Å²) in [7, 11) is 0. The summed E-state index contributed by atoms with van der Waals surface area (Å²) < 4.78 is 5.84. The molecule has 32 heavy (non-hydrogen) atoms. The minimum absolute atomic E-state index is 0.123. The van der Waals surface area contributed by atoms with Gasteiger partial charge in [0.05, 0.1) is 22.6 Å². The molecule has 0 radical (unpaired) electrons. The monoisotopic (exact) mass is 448 g/mol. The van der Waals surface area contributed by atoms with E-state index in [-0.39, 0.29) is 23.9 Å². The average molecular weight is 449 g/mol. The van der Waals surface area contributed by atoms with E-state index in [1.54, 1.807) is 30.3 Å². The van der Waals surface area contributed by atoms with E-state index in [1.807, 2.05) is 29.6 Å². The highest BCUT2D eigenvalue weighted by atomic mass is 32.1. The third-order valence-electron chi connectivity index (χ3n) is 5.61. The zero-order valence-electron chi connectivity index (χ0n) is 18.4. The third-order valence-corrected chi connectivity index (χ3v) is 6.48. The van der Waals surface area contributed by atoms with Crippen molar-refractivity contribution in [1.29, 1.82) is 0 Å². The molecule has 2 aromatic carbocycles. The SMILES string of the molecule is CC1CN(Cc2ccccc2CNC(=O)c2ccccc2C(=O)c2cccs2)CC(C)O1. The Morgan fingerprint density at radius 3 is 2.28 bits per heavy atom. The van der Waals surface area contributed by atoms with Crippen LogP contribution in [0.3, 0.4) is 0 Å². The minimum Gasteiger partial charge on any atom is -0.373 e. The summed E-state index contributed by atoms with van der Waals surface area (Å²) in [4.78, 5) is 28.9. The Morgan fingerprint density at radius 2 is 1.59 bits per heavy atom. The smallest absolute Gasteiger partial charge is 0.252 e. The van der Waals surface area contributed by atoms with Crippen LogP contribution in [0.1, 0.15) is 50.6 Å². The Balaban J connectivity index is 1.46. The molecule has 2 heterocycles. The van der Waals surface area contributed by atoms with E-state index >= 15 is 0 Å². The molecule has 1 saturated heterocycles. The fourth-order valence-corrected chi connectivity index (χ4v) is 4.91.